The molecule has 2 amide bonds. The first-order chi connectivity index (χ1) is 16.9. The average molecular weight is 496 g/mol. The number of methoxy groups -OCH3 is 1. The molecular weight excluding hydrogens is 470 g/mol. The van der Waals surface area contributed by atoms with Crippen LogP contribution >= 0.6 is 11.8 Å². The maximum atomic E-state index is 12.8. The fraction of sp³-hybridized carbons (Fsp3) is 0.250. The number of benzene rings is 2. The lowest BCUT2D eigenvalue weighted by Crippen LogP contribution is -2.25. The summed E-state index contributed by atoms with van der Waals surface area (Å²) in [5.74, 6) is -0.945. The van der Waals surface area contributed by atoms with Gasteiger partial charge >= 0.3 is 5.97 Å². The summed E-state index contributed by atoms with van der Waals surface area (Å²) >= 11 is 1.08. The van der Waals surface area contributed by atoms with Crippen molar-refractivity contribution in [1.29, 1.82) is 0 Å². The van der Waals surface area contributed by atoms with Crippen molar-refractivity contribution >= 4 is 40.9 Å². The molecule has 0 bridgehead atoms. The number of rotatable bonds is 9. The highest BCUT2D eigenvalue weighted by molar-refractivity contribution is 8.00. The highest BCUT2D eigenvalue weighted by atomic mass is 32.2. The number of nitrogens with zero attached hydrogens (tertiary/aromatic N) is 2. The summed E-state index contributed by atoms with van der Waals surface area (Å²) in [4.78, 5) is 51.6. The van der Waals surface area contributed by atoms with E-state index in [4.69, 9.17) is 0 Å². The van der Waals surface area contributed by atoms with Crippen LogP contribution < -0.4 is 16.2 Å². The Balaban J connectivity index is 1.74. The van der Waals surface area contributed by atoms with Gasteiger partial charge in [0.2, 0.25) is 11.8 Å². The lowest BCUT2D eigenvalue weighted by atomic mass is 10.1. The van der Waals surface area contributed by atoms with Crippen LogP contribution in [0, 0.1) is 0 Å². The second-order valence-corrected chi connectivity index (χ2v) is 8.52. The van der Waals surface area contributed by atoms with Crippen molar-refractivity contribution in [3.8, 4) is 11.3 Å². The zero-order valence-electron chi connectivity index (χ0n) is 19.5. The van der Waals surface area contributed by atoms with Crippen molar-refractivity contribution < 1.29 is 19.1 Å². The first-order valence-electron chi connectivity index (χ1n) is 10.9. The minimum atomic E-state index is -0.554. The van der Waals surface area contributed by atoms with E-state index in [9.17, 15) is 19.2 Å². The molecule has 1 aromatic heterocycles. The van der Waals surface area contributed by atoms with Crippen molar-refractivity contribution in [2.24, 2.45) is 0 Å². The number of aromatic nitrogens is 3. The third-order valence-corrected chi connectivity index (χ3v) is 6.18. The number of nitrogens with one attached hydrogen (secondary N) is 3. The van der Waals surface area contributed by atoms with Gasteiger partial charge in [0.05, 0.1) is 23.6 Å². The first-order valence-corrected chi connectivity index (χ1v) is 11.8. The van der Waals surface area contributed by atoms with E-state index < -0.39 is 16.8 Å². The summed E-state index contributed by atoms with van der Waals surface area (Å²) in [6, 6.07) is 13.1. The molecule has 0 saturated carbocycles. The molecule has 0 aliphatic carbocycles. The maximum absolute atomic E-state index is 12.8. The molecular formula is C24H25N5O5S. The lowest BCUT2D eigenvalue weighted by molar-refractivity contribution is -0.116. The molecule has 35 heavy (non-hydrogen) atoms. The van der Waals surface area contributed by atoms with Crippen molar-refractivity contribution in [2.75, 3.05) is 17.7 Å². The third kappa shape index (κ3) is 6.54. The van der Waals surface area contributed by atoms with E-state index in [2.05, 4.69) is 30.6 Å². The molecule has 0 aliphatic heterocycles. The maximum Gasteiger partial charge on any atom is 0.337 e. The van der Waals surface area contributed by atoms with E-state index in [1.165, 1.54) is 7.11 Å². The van der Waals surface area contributed by atoms with E-state index in [-0.39, 0.29) is 22.7 Å². The molecule has 0 spiro atoms. The highest BCUT2D eigenvalue weighted by Gasteiger charge is 2.21. The van der Waals surface area contributed by atoms with Crippen LogP contribution in [-0.2, 0) is 14.3 Å². The topological polar surface area (TPSA) is 143 Å². The molecule has 0 saturated heterocycles. The van der Waals surface area contributed by atoms with Crippen LogP contribution in [0.1, 0.15) is 37.0 Å². The molecule has 0 fully saturated rings. The van der Waals surface area contributed by atoms with Gasteiger partial charge in [0.15, 0.2) is 10.9 Å². The Hall–Kier alpha value is -3.99. The summed E-state index contributed by atoms with van der Waals surface area (Å²) in [5.41, 5.74) is 1.36. The summed E-state index contributed by atoms with van der Waals surface area (Å²) in [6.45, 7) is 3.57. The van der Waals surface area contributed by atoms with Gasteiger partial charge in [0.1, 0.15) is 0 Å². The molecule has 10 nitrogen and oxygen atoms in total. The Labute approximate surface area is 205 Å². The minimum absolute atomic E-state index is 0.0598. The average Bonchev–Trinajstić information content (AvgIpc) is 2.87. The van der Waals surface area contributed by atoms with Crippen molar-refractivity contribution in [1.82, 2.24) is 15.2 Å². The van der Waals surface area contributed by atoms with Crippen molar-refractivity contribution in [3.63, 3.8) is 0 Å². The second kappa shape index (κ2) is 11.9. The number of hydrogen-bond acceptors (Lipinski definition) is 8. The third-order valence-electron chi connectivity index (χ3n) is 4.94. The fourth-order valence-corrected chi connectivity index (χ4v) is 3.92. The molecule has 3 rings (SSSR count). The van der Waals surface area contributed by atoms with Crippen molar-refractivity contribution in [2.45, 2.75) is 37.1 Å². The number of aromatic amines is 1. The predicted octanol–water partition coefficient (Wildman–Crippen LogP) is 3.48. The van der Waals surface area contributed by atoms with E-state index in [1.54, 1.807) is 55.5 Å². The number of anilines is 2. The Morgan fingerprint density at radius 2 is 1.74 bits per heavy atom. The normalized spacial score (nSPS) is 11.4. The number of H-pyrrole nitrogens is 1. The Bertz CT molecular complexity index is 1280. The van der Waals surface area contributed by atoms with E-state index in [1.807, 2.05) is 6.92 Å². The van der Waals surface area contributed by atoms with Gasteiger partial charge in [-0.15, -0.1) is 10.2 Å². The summed E-state index contributed by atoms with van der Waals surface area (Å²) < 4.78 is 4.66. The van der Waals surface area contributed by atoms with Gasteiger partial charge in [-0.3, -0.25) is 19.4 Å². The summed E-state index contributed by atoms with van der Waals surface area (Å²) in [7, 11) is 1.30. The SMILES string of the molecule is CCC(=O)Nc1ccccc1-c1nnc(SC(CC)C(=O)Nc2ccc(C(=O)OC)cc2)[nH]c1=O. The predicted molar refractivity (Wildman–Crippen MR) is 133 cm³/mol. The smallest absolute Gasteiger partial charge is 0.337 e. The van der Waals surface area contributed by atoms with Crippen LogP contribution in [0.4, 0.5) is 11.4 Å². The Morgan fingerprint density at radius 3 is 2.37 bits per heavy atom. The molecule has 0 aliphatic rings. The molecule has 1 atom stereocenters. The monoisotopic (exact) mass is 495 g/mol. The van der Waals surface area contributed by atoms with Crippen LogP contribution in [0.25, 0.3) is 11.3 Å². The van der Waals surface area contributed by atoms with E-state index in [0.717, 1.165) is 11.8 Å². The quantitative estimate of drug-likeness (QED) is 0.302. The summed E-state index contributed by atoms with van der Waals surface area (Å²) in [6.07, 6.45) is 0.760. The van der Waals surface area contributed by atoms with Gasteiger partial charge in [-0.05, 0) is 36.8 Å². The van der Waals surface area contributed by atoms with Crippen LogP contribution in [-0.4, -0.2) is 45.3 Å². The number of carbonyl (C=O) groups excluding carboxylic acids is 3. The zero-order chi connectivity index (χ0) is 25.4. The first kappa shape index (κ1) is 25.6. The van der Waals surface area contributed by atoms with Gasteiger partial charge in [-0.2, -0.15) is 0 Å². The minimum Gasteiger partial charge on any atom is -0.465 e. The number of ether oxygens (including phenoxy) is 1. The largest absolute Gasteiger partial charge is 0.465 e. The highest BCUT2D eigenvalue weighted by Crippen LogP contribution is 2.26. The fourth-order valence-electron chi connectivity index (χ4n) is 3.08. The molecule has 1 unspecified atom stereocenters. The Kier molecular flexibility index (Phi) is 8.74. The molecule has 3 aromatic rings. The van der Waals surface area contributed by atoms with Gasteiger partial charge in [0.25, 0.3) is 5.56 Å². The van der Waals surface area contributed by atoms with Crippen LogP contribution in [0.2, 0.25) is 0 Å². The van der Waals surface area contributed by atoms with Gasteiger partial charge in [-0.1, -0.05) is 43.8 Å². The molecule has 11 heteroatoms. The van der Waals surface area contributed by atoms with Gasteiger partial charge in [0, 0.05) is 17.7 Å². The lowest BCUT2D eigenvalue weighted by Gasteiger charge is -2.14. The summed E-state index contributed by atoms with van der Waals surface area (Å²) in [5, 5.41) is 13.3. The number of hydrogen-bond donors (Lipinski definition) is 3. The number of carbonyl (C=O) groups is 3. The number of thioether (sulfide) groups is 1. The van der Waals surface area contributed by atoms with Crippen LogP contribution in [0.3, 0.4) is 0 Å². The number of amides is 2. The van der Waals surface area contributed by atoms with Gasteiger partial charge < -0.3 is 15.4 Å². The zero-order valence-corrected chi connectivity index (χ0v) is 20.3. The molecule has 1 heterocycles. The molecule has 182 valence electrons. The molecule has 0 radical (unpaired) electrons. The Morgan fingerprint density at radius 1 is 1.03 bits per heavy atom. The van der Waals surface area contributed by atoms with E-state index in [0.29, 0.717) is 35.3 Å². The molecule has 3 N–H and O–H groups in total. The number of para-hydroxylation sites is 1. The second-order valence-electron chi connectivity index (χ2n) is 7.33. The standard InChI is InChI=1S/C24H25N5O5S/c1-4-18(21(31)25-15-12-10-14(11-13-15)23(33)34-3)35-24-27-22(32)20(28-29-24)16-8-6-7-9-17(16)26-19(30)5-2/h6-13,18H,4-5H2,1-3H3,(H,25,31)(H,26,30)(H,27,29,32). The van der Waals surface area contributed by atoms with Gasteiger partial charge in [-0.25, -0.2) is 4.79 Å². The van der Waals surface area contributed by atoms with E-state index >= 15 is 0 Å². The molecule has 2 aromatic carbocycles. The van der Waals surface area contributed by atoms with Crippen molar-refractivity contribution in [3.05, 3.63) is 64.4 Å². The van der Waals surface area contributed by atoms with Crippen LogP contribution in [0.5, 0.6) is 0 Å². The van der Waals surface area contributed by atoms with Crippen LogP contribution in [0.15, 0.2) is 58.5 Å². The number of esters is 1.